The summed E-state index contributed by atoms with van der Waals surface area (Å²) in [7, 11) is 0. The van der Waals surface area contributed by atoms with Gasteiger partial charge in [-0.15, -0.1) is 11.3 Å². The van der Waals surface area contributed by atoms with Crippen molar-refractivity contribution in [3.63, 3.8) is 0 Å². The van der Waals surface area contributed by atoms with E-state index in [1.54, 1.807) is 24.4 Å². The molecule has 27 heavy (non-hydrogen) atoms. The van der Waals surface area contributed by atoms with Crippen LogP contribution in [-0.2, 0) is 0 Å². The van der Waals surface area contributed by atoms with E-state index in [-0.39, 0.29) is 5.63 Å². The molecule has 0 unspecified atom stereocenters. The summed E-state index contributed by atoms with van der Waals surface area (Å²) in [5, 5.41) is 16.0. The predicted molar refractivity (Wildman–Crippen MR) is 107 cm³/mol. The molecule has 2 aromatic carbocycles. The fourth-order valence-electron chi connectivity index (χ4n) is 2.60. The number of nitrogens with one attached hydrogen (secondary N) is 1. The minimum Gasteiger partial charge on any atom is -0.423 e. The Labute approximate surface area is 158 Å². The Bertz CT molecular complexity index is 1230. The molecule has 0 atom stereocenters. The van der Waals surface area contributed by atoms with Gasteiger partial charge >= 0.3 is 5.63 Å². The Morgan fingerprint density at radius 3 is 2.81 bits per heavy atom. The molecule has 0 spiro atoms. The maximum absolute atomic E-state index is 11.2. The number of rotatable bonds is 4. The van der Waals surface area contributed by atoms with Gasteiger partial charge in [0, 0.05) is 34.3 Å². The zero-order valence-electron chi connectivity index (χ0n) is 14.0. The first kappa shape index (κ1) is 16.8. The standard InChI is InChI=1S/C21H13N3O2S/c22-11-16(21-24-18(13-27-21)14-4-2-1-3-5-14)12-23-17-7-8-19-15(10-17)6-9-20(25)26-19/h1-10,12-13,23H/b16-12-. The zero-order valence-corrected chi connectivity index (χ0v) is 14.9. The van der Waals surface area contributed by atoms with Gasteiger partial charge in [-0.1, -0.05) is 30.3 Å². The number of benzene rings is 2. The molecule has 0 saturated heterocycles. The van der Waals surface area contributed by atoms with Crippen LogP contribution in [0.4, 0.5) is 5.69 Å². The highest BCUT2D eigenvalue weighted by Crippen LogP contribution is 2.26. The fraction of sp³-hybridized carbons (Fsp3) is 0. The summed E-state index contributed by atoms with van der Waals surface area (Å²) in [5.74, 6) is 0. The third-order valence-electron chi connectivity index (χ3n) is 3.93. The van der Waals surface area contributed by atoms with Gasteiger partial charge in [-0.05, 0) is 24.3 Å². The molecule has 0 radical (unpaired) electrons. The van der Waals surface area contributed by atoms with Crippen molar-refractivity contribution in [2.45, 2.75) is 0 Å². The minimum atomic E-state index is -0.382. The lowest BCUT2D eigenvalue weighted by Gasteiger charge is -2.03. The first-order valence-corrected chi connectivity index (χ1v) is 9.03. The van der Waals surface area contributed by atoms with Crippen molar-refractivity contribution in [3.05, 3.63) is 87.7 Å². The van der Waals surface area contributed by atoms with Crippen LogP contribution in [0.5, 0.6) is 0 Å². The summed E-state index contributed by atoms with van der Waals surface area (Å²) >= 11 is 1.42. The van der Waals surface area contributed by atoms with Gasteiger partial charge < -0.3 is 9.73 Å². The maximum Gasteiger partial charge on any atom is 0.336 e. The van der Waals surface area contributed by atoms with E-state index in [0.717, 1.165) is 22.3 Å². The summed E-state index contributed by atoms with van der Waals surface area (Å²) in [6.45, 7) is 0. The van der Waals surface area contributed by atoms with Crippen molar-refractivity contribution >= 4 is 33.6 Å². The van der Waals surface area contributed by atoms with Crippen LogP contribution in [0.15, 0.2) is 81.5 Å². The number of allylic oxidation sites excluding steroid dienone is 1. The van der Waals surface area contributed by atoms with Crippen molar-refractivity contribution in [1.82, 2.24) is 4.98 Å². The maximum atomic E-state index is 11.2. The molecule has 4 rings (SSSR count). The lowest BCUT2D eigenvalue weighted by atomic mass is 10.2. The summed E-state index contributed by atoms with van der Waals surface area (Å²) in [6.07, 6.45) is 1.63. The van der Waals surface area contributed by atoms with E-state index in [4.69, 9.17) is 4.42 Å². The molecule has 2 aromatic heterocycles. The fourth-order valence-corrected chi connectivity index (χ4v) is 3.39. The highest BCUT2D eigenvalue weighted by Gasteiger charge is 2.09. The van der Waals surface area contributed by atoms with Gasteiger partial charge in [-0.2, -0.15) is 5.26 Å². The predicted octanol–water partition coefficient (Wildman–Crippen LogP) is 4.89. The molecule has 0 fully saturated rings. The molecule has 0 saturated carbocycles. The van der Waals surface area contributed by atoms with Crippen molar-refractivity contribution in [1.29, 1.82) is 5.26 Å². The number of fused-ring (bicyclic) bond motifs is 1. The smallest absolute Gasteiger partial charge is 0.336 e. The van der Waals surface area contributed by atoms with Crippen LogP contribution in [0.3, 0.4) is 0 Å². The number of hydrogen-bond acceptors (Lipinski definition) is 6. The van der Waals surface area contributed by atoms with Gasteiger partial charge in [0.15, 0.2) is 0 Å². The average molecular weight is 371 g/mol. The molecular formula is C21H13N3O2S. The first-order valence-electron chi connectivity index (χ1n) is 8.15. The Kier molecular flexibility index (Phi) is 4.52. The minimum absolute atomic E-state index is 0.382. The SMILES string of the molecule is N#C/C(=C/Nc1ccc2oc(=O)ccc2c1)c1nc(-c2ccccc2)cs1. The van der Waals surface area contributed by atoms with Gasteiger partial charge in [-0.3, -0.25) is 0 Å². The number of nitriles is 1. The normalized spacial score (nSPS) is 11.3. The highest BCUT2D eigenvalue weighted by atomic mass is 32.1. The monoisotopic (exact) mass is 371 g/mol. The number of thiazole rings is 1. The number of nitrogens with zero attached hydrogens (tertiary/aromatic N) is 2. The second-order valence-corrected chi connectivity index (χ2v) is 6.58. The molecule has 5 nitrogen and oxygen atoms in total. The van der Waals surface area contributed by atoms with E-state index in [0.29, 0.717) is 16.2 Å². The third kappa shape index (κ3) is 3.64. The van der Waals surface area contributed by atoms with Crippen molar-refractivity contribution in [2.24, 2.45) is 0 Å². The number of anilines is 1. The summed E-state index contributed by atoms with van der Waals surface area (Å²) in [6, 6.07) is 20.5. The summed E-state index contributed by atoms with van der Waals surface area (Å²) in [5.41, 5.74) is 3.22. The number of hydrogen-bond donors (Lipinski definition) is 1. The van der Waals surface area contributed by atoms with E-state index in [1.807, 2.05) is 41.8 Å². The van der Waals surface area contributed by atoms with Gasteiger partial charge in [0.05, 0.1) is 5.69 Å². The van der Waals surface area contributed by atoms with Crippen LogP contribution in [0.2, 0.25) is 0 Å². The topological polar surface area (TPSA) is 78.9 Å². The Morgan fingerprint density at radius 1 is 1.15 bits per heavy atom. The molecule has 1 N–H and O–H groups in total. The Morgan fingerprint density at radius 2 is 2.00 bits per heavy atom. The molecule has 0 aliphatic carbocycles. The molecule has 4 aromatic rings. The summed E-state index contributed by atoms with van der Waals surface area (Å²) < 4.78 is 5.12. The van der Waals surface area contributed by atoms with Crippen molar-refractivity contribution < 1.29 is 4.42 Å². The van der Waals surface area contributed by atoms with Crippen molar-refractivity contribution in [3.8, 4) is 17.3 Å². The van der Waals surface area contributed by atoms with Crippen LogP contribution in [0.1, 0.15) is 5.01 Å². The van der Waals surface area contributed by atoms with Crippen LogP contribution in [0.25, 0.3) is 27.8 Å². The van der Waals surface area contributed by atoms with Gasteiger partial charge in [0.1, 0.15) is 22.2 Å². The molecule has 0 amide bonds. The highest BCUT2D eigenvalue weighted by molar-refractivity contribution is 7.11. The van der Waals surface area contributed by atoms with Crippen LogP contribution < -0.4 is 10.9 Å². The van der Waals surface area contributed by atoms with E-state index in [9.17, 15) is 10.1 Å². The molecule has 130 valence electrons. The molecule has 0 bridgehead atoms. The second kappa shape index (κ2) is 7.28. The molecule has 0 aliphatic heterocycles. The summed E-state index contributed by atoms with van der Waals surface area (Å²) in [4.78, 5) is 15.8. The molecule has 0 aliphatic rings. The number of aromatic nitrogens is 1. The zero-order chi connectivity index (χ0) is 18.6. The lowest BCUT2D eigenvalue weighted by Crippen LogP contribution is -1.95. The second-order valence-electron chi connectivity index (χ2n) is 5.73. The van der Waals surface area contributed by atoms with Crippen LogP contribution in [-0.4, -0.2) is 4.98 Å². The van der Waals surface area contributed by atoms with Gasteiger partial charge in [0.25, 0.3) is 0 Å². The van der Waals surface area contributed by atoms with Gasteiger partial charge in [0.2, 0.25) is 0 Å². The van der Waals surface area contributed by atoms with Gasteiger partial charge in [-0.25, -0.2) is 9.78 Å². The van der Waals surface area contributed by atoms with E-state index in [2.05, 4.69) is 16.4 Å². The average Bonchev–Trinajstić information content (AvgIpc) is 3.19. The third-order valence-corrected chi connectivity index (χ3v) is 4.80. The van der Waals surface area contributed by atoms with Crippen LogP contribution >= 0.6 is 11.3 Å². The lowest BCUT2D eigenvalue weighted by molar-refractivity contribution is 0.561. The van der Waals surface area contributed by atoms with Crippen LogP contribution in [0, 0.1) is 11.3 Å². The Balaban J connectivity index is 1.59. The molecular weight excluding hydrogens is 358 g/mol. The first-order chi connectivity index (χ1) is 13.2. The molecule has 2 heterocycles. The quantitative estimate of drug-likeness (QED) is 0.408. The van der Waals surface area contributed by atoms with E-state index >= 15 is 0 Å². The Hall–Kier alpha value is -3.69. The van der Waals surface area contributed by atoms with Crippen molar-refractivity contribution in [2.75, 3.05) is 5.32 Å². The molecule has 6 heteroatoms. The van der Waals surface area contributed by atoms with E-state index in [1.165, 1.54) is 17.4 Å². The van der Waals surface area contributed by atoms with E-state index < -0.39 is 0 Å². The largest absolute Gasteiger partial charge is 0.423 e.